The molecule has 1 aliphatic rings. The van der Waals surface area contributed by atoms with E-state index in [0.717, 1.165) is 0 Å². The minimum Gasteiger partial charge on any atom is -0.481 e. The third kappa shape index (κ3) is 3.38. The van der Waals surface area contributed by atoms with Gasteiger partial charge in [-0.15, -0.1) is 0 Å². The Morgan fingerprint density at radius 1 is 1.67 bits per heavy atom. The molecule has 0 spiro atoms. The van der Waals surface area contributed by atoms with E-state index in [4.69, 9.17) is 9.84 Å². The molecule has 0 bridgehead atoms. The number of rotatable bonds is 3. The number of allylic oxidation sites excluding steroid dienone is 1. The highest BCUT2D eigenvalue weighted by molar-refractivity contribution is 5.75. The summed E-state index contributed by atoms with van der Waals surface area (Å²) in [6, 6.07) is 0. The zero-order chi connectivity index (χ0) is 11.3. The second-order valence-corrected chi connectivity index (χ2v) is 3.66. The predicted molar refractivity (Wildman–Crippen MR) is 54.2 cm³/mol. The highest BCUT2D eigenvalue weighted by Crippen LogP contribution is 2.24. The quantitative estimate of drug-likeness (QED) is 0.570. The van der Waals surface area contributed by atoms with E-state index in [2.05, 4.69) is 0 Å². The second-order valence-electron chi connectivity index (χ2n) is 3.66. The van der Waals surface area contributed by atoms with Gasteiger partial charge in [-0.3, -0.25) is 9.59 Å². The number of cyclic esters (lactones) is 1. The second kappa shape index (κ2) is 5.53. The van der Waals surface area contributed by atoms with Gasteiger partial charge in [0.2, 0.25) is 0 Å². The fourth-order valence-corrected chi connectivity index (χ4v) is 1.80. The normalized spacial score (nSPS) is 28.7. The largest absolute Gasteiger partial charge is 0.481 e. The van der Waals surface area contributed by atoms with Gasteiger partial charge in [0.15, 0.2) is 0 Å². The van der Waals surface area contributed by atoms with Crippen molar-refractivity contribution in [2.45, 2.75) is 26.2 Å². The van der Waals surface area contributed by atoms with Gasteiger partial charge >= 0.3 is 11.9 Å². The highest BCUT2D eigenvalue weighted by Gasteiger charge is 2.28. The van der Waals surface area contributed by atoms with Crippen LogP contribution in [0.3, 0.4) is 0 Å². The van der Waals surface area contributed by atoms with Crippen molar-refractivity contribution in [3.05, 3.63) is 12.2 Å². The summed E-state index contributed by atoms with van der Waals surface area (Å²) in [5, 5.41) is 8.74. The summed E-state index contributed by atoms with van der Waals surface area (Å²) < 4.78 is 5.02. The van der Waals surface area contributed by atoms with Gasteiger partial charge in [-0.05, 0) is 12.8 Å². The number of ether oxygens (including phenoxy) is 1. The first-order valence-electron chi connectivity index (χ1n) is 5.20. The summed E-state index contributed by atoms with van der Waals surface area (Å²) in [5.41, 5.74) is 0. The summed E-state index contributed by atoms with van der Waals surface area (Å²) in [5.74, 6) is -1.71. The molecule has 15 heavy (non-hydrogen) atoms. The minimum atomic E-state index is -0.878. The molecule has 0 aromatic heterocycles. The number of aliphatic carboxylic acids is 1. The van der Waals surface area contributed by atoms with Crippen LogP contribution in [0.4, 0.5) is 0 Å². The van der Waals surface area contributed by atoms with E-state index >= 15 is 0 Å². The van der Waals surface area contributed by atoms with E-state index in [-0.39, 0.29) is 24.2 Å². The Morgan fingerprint density at radius 2 is 2.40 bits per heavy atom. The molecule has 0 aromatic rings. The maximum Gasteiger partial charge on any atom is 0.309 e. The maximum absolute atomic E-state index is 11.5. The van der Waals surface area contributed by atoms with Crippen LogP contribution in [0.1, 0.15) is 26.2 Å². The van der Waals surface area contributed by atoms with E-state index in [0.29, 0.717) is 19.4 Å². The van der Waals surface area contributed by atoms with Gasteiger partial charge < -0.3 is 9.84 Å². The first-order valence-corrected chi connectivity index (χ1v) is 5.20. The number of hydrogen-bond donors (Lipinski definition) is 1. The fraction of sp³-hybridized carbons (Fsp3) is 0.636. The van der Waals surface area contributed by atoms with Crippen LogP contribution in [0.5, 0.6) is 0 Å². The molecule has 84 valence electrons. The molecule has 1 aliphatic heterocycles. The third-order valence-corrected chi connectivity index (χ3v) is 2.58. The van der Waals surface area contributed by atoms with Gasteiger partial charge in [-0.25, -0.2) is 0 Å². The topological polar surface area (TPSA) is 63.6 Å². The molecular formula is C11H16O4. The lowest BCUT2D eigenvalue weighted by molar-refractivity contribution is -0.151. The standard InChI is InChI=1S/C11H16O4/c1-2-9-8(7-10(12)13)5-3-4-6-15-11(9)14/h3,5,8-9H,2,4,6-7H2,1H3,(H,12,13)/b5-3-/t8-,9?/m0/s1. The molecule has 0 saturated heterocycles. The molecule has 1 rings (SSSR count). The lowest BCUT2D eigenvalue weighted by atomic mass is 9.86. The number of carboxylic acid groups (broad SMARTS) is 1. The molecule has 0 fully saturated rings. The van der Waals surface area contributed by atoms with Crippen molar-refractivity contribution in [1.82, 2.24) is 0 Å². The SMILES string of the molecule is CCC1C(=O)OCC/C=C\[C@H]1CC(=O)O. The number of carbonyl (C=O) groups excluding carboxylic acids is 1. The van der Waals surface area contributed by atoms with Crippen LogP contribution in [-0.2, 0) is 14.3 Å². The van der Waals surface area contributed by atoms with Crippen molar-refractivity contribution in [3.63, 3.8) is 0 Å². The van der Waals surface area contributed by atoms with Gasteiger partial charge in [-0.1, -0.05) is 19.1 Å². The summed E-state index contributed by atoms with van der Waals surface area (Å²) >= 11 is 0. The van der Waals surface area contributed by atoms with Crippen LogP contribution >= 0.6 is 0 Å². The number of esters is 1. The molecule has 1 N–H and O–H groups in total. The number of hydrogen-bond acceptors (Lipinski definition) is 3. The van der Waals surface area contributed by atoms with Gasteiger partial charge in [0.05, 0.1) is 18.9 Å². The first kappa shape index (κ1) is 11.8. The van der Waals surface area contributed by atoms with E-state index in [1.807, 2.05) is 19.1 Å². The molecule has 0 saturated carbocycles. The molecule has 0 radical (unpaired) electrons. The van der Waals surface area contributed by atoms with Gasteiger partial charge in [-0.2, -0.15) is 0 Å². The maximum atomic E-state index is 11.5. The first-order chi connectivity index (χ1) is 7.15. The third-order valence-electron chi connectivity index (χ3n) is 2.58. The molecule has 4 nitrogen and oxygen atoms in total. The van der Waals surface area contributed by atoms with Crippen molar-refractivity contribution < 1.29 is 19.4 Å². The Hall–Kier alpha value is -1.32. The number of carboxylic acids is 1. The minimum absolute atomic E-state index is 0.00981. The molecule has 0 aromatic carbocycles. The summed E-state index contributed by atoms with van der Waals surface area (Å²) in [4.78, 5) is 22.2. The molecule has 1 heterocycles. The van der Waals surface area contributed by atoms with E-state index in [1.54, 1.807) is 0 Å². The fourth-order valence-electron chi connectivity index (χ4n) is 1.80. The van der Waals surface area contributed by atoms with Crippen LogP contribution in [0.15, 0.2) is 12.2 Å². The van der Waals surface area contributed by atoms with Crippen LogP contribution in [0.2, 0.25) is 0 Å². The Balaban J connectivity index is 2.78. The van der Waals surface area contributed by atoms with Crippen molar-refractivity contribution in [2.24, 2.45) is 11.8 Å². The van der Waals surface area contributed by atoms with Gasteiger partial charge in [0, 0.05) is 5.92 Å². The Bertz CT molecular complexity index is 270. The lowest BCUT2D eigenvalue weighted by Gasteiger charge is -2.22. The predicted octanol–water partition coefficient (Wildman–Crippen LogP) is 1.61. The van der Waals surface area contributed by atoms with Crippen LogP contribution in [0.25, 0.3) is 0 Å². The average molecular weight is 212 g/mol. The Morgan fingerprint density at radius 3 is 3.00 bits per heavy atom. The van der Waals surface area contributed by atoms with Crippen molar-refractivity contribution >= 4 is 11.9 Å². The van der Waals surface area contributed by atoms with Gasteiger partial charge in [0.25, 0.3) is 0 Å². The van der Waals surface area contributed by atoms with Crippen LogP contribution in [0, 0.1) is 11.8 Å². The molecule has 2 atom stereocenters. The highest BCUT2D eigenvalue weighted by atomic mass is 16.5. The monoisotopic (exact) mass is 212 g/mol. The Labute approximate surface area is 88.9 Å². The van der Waals surface area contributed by atoms with Crippen LogP contribution in [-0.4, -0.2) is 23.7 Å². The van der Waals surface area contributed by atoms with Crippen molar-refractivity contribution in [1.29, 1.82) is 0 Å². The van der Waals surface area contributed by atoms with Crippen LogP contribution < -0.4 is 0 Å². The molecule has 0 amide bonds. The molecule has 1 unspecified atom stereocenters. The summed E-state index contributed by atoms with van der Waals surface area (Å²) in [6.45, 7) is 2.27. The molecule has 0 aliphatic carbocycles. The van der Waals surface area contributed by atoms with Crippen molar-refractivity contribution in [3.8, 4) is 0 Å². The smallest absolute Gasteiger partial charge is 0.309 e. The van der Waals surface area contributed by atoms with E-state index in [1.165, 1.54) is 0 Å². The van der Waals surface area contributed by atoms with Crippen molar-refractivity contribution in [2.75, 3.05) is 6.61 Å². The zero-order valence-electron chi connectivity index (χ0n) is 8.81. The Kier molecular flexibility index (Phi) is 4.34. The lowest BCUT2D eigenvalue weighted by Crippen LogP contribution is -2.27. The average Bonchev–Trinajstić information content (AvgIpc) is 2.14. The van der Waals surface area contributed by atoms with E-state index < -0.39 is 5.97 Å². The number of carbonyl (C=O) groups is 2. The zero-order valence-corrected chi connectivity index (χ0v) is 8.81. The van der Waals surface area contributed by atoms with Gasteiger partial charge in [0.1, 0.15) is 0 Å². The summed E-state index contributed by atoms with van der Waals surface area (Å²) in [6.07, 6.45) is 4.99. The van der Waals surface area contributed by atoms with E-state index in [9.17, 15) is 9.59 Å². The summed E-state index contributed by atoms with van der Waals surface area (Å²) in [7, 11) is 0. The molecule has 4 heteroatoms. The molecular weight excluding hydrogens is 196 g/mol.